The number of ether oxygens (including phenoxy) is 1. The second-order valence-electron chi connectivity index (χ2n) is 11.3. The Morgan fingerprint density at radius 3 is 2.38 bits per heavy atom. The number of aliphatic hydroxyl groups is 3. The highest BCUT2D eigenvalue weighted by atomic mass is 16.5. The van der Waals surface area contributed by atoms with Crippen LogP contribution in [0.4, 0.5) is 0 Å². The molecule has 2 amide bonds. The number of hydrogen-bond acceptors (Lipinski definition) is 7. The van der Waals surface area contributed by atoms with Crippen LogP contribution in [0.25, 0.3) is 0 Å². The molecule has 2 heterocycles. The maximum absolute atomic E-state index is 12.5. The molecule has 9 heteroatoms. The van der Waals surface area contributed by atoms with E-state index in [0.29, 0.717) is 12.8 Å². The van der Waals surface area contributed by atoms with E-state index in [1.165, 1.54) is 0 Å². The molecule has 2 aliphatic rings. The molecule has 0 spiro atoms. The first kappa shape index (κ1) is 31.0. The van der Waals surface area contributed by atoms with E-state index < -0.39 is 42.3 Å². The van der Waals surface area contributed by atoms with Crippen LogP contribution in [0.15, 0.2) is 23.8 Å². The van der Waals surface area contributed by atoms with Gasteiger partial charge in [-0.3, -0.25) is 14.4 Å². The van der Waals surface area contributed by atoms with Gasteiger partial charge >= 0.3 is 5.97 Å². The van der Waals surface area contributed by atoms with Gasteiger partial charge in [-0.1, -0.05) is 51.5 Å². The average Bonchev–Trinajstić information content (AvgIpc) is 3.14. The molecular formula is C28H46N2O7. The van der Waals surface area contributed by atoms with Crippen LogP contribution in [0.1, 0.15) is 67.7 Å². The predicted octanol–water partition coefficient (Wildman–Crippen LogP) is 1.85. The van der Waals surface area contributed by atoms with E-state index in [2.05, 4.69) is 10.6 Å². The Bertz CT molecular complexity index is 873. The Balaban J connectivity index is 1.84. The lowest BCUT2D eigenvalue weighted by molar-refractivity contribution is -0.179. The van der Waals surface area contributed by atoms with Crippen molar-refractivity contribution in [3.05, 3.63) is 23.8 Å². The minimum absolute atomic E-state index is 0.0549. The molecule has 210 valence electrons. The molecule has 2 fully saturated rings. The maximum Gasteiger partial charge on any atom is 0.311 e. The third kappa shape index (κ3) is 8.65. The lowest BCUT2D eigenvalue weighted by atomic mass is 9.84. The lowest BCUT2D eigenvalue weighted by Crippen LogP contribution is -2.47. The van der Waals surface area contributed by atoms with Crippen LogP contribution in [0, 0.1) is 29.6 Å². The van der Waals surface area contributed by atoms with Crippen molar-refractivity contribution in [3.8, 4) is 0 Å². The molecule has 0 bridgehead atoms. The molecule has 0 aromatic carbocycles. The molecule has 5 N–H and O–H groups in total. The molecule has 0 aromatic heterocycles. The van der Waals surface area contributed by atoms with Gasteiger partial charge in [0.1, 0.15) is 12.1 Å². The number of cyclic esters (lactones) is 1. The van der Waals surface area contributed by atoms with Crippen LogP contribution in [-0.4, -0.2) is 69.6 Å². The van der Waals surface area contributed by atoms with Crippen molar-refractivity contribution >= 4 is 17.8 Å². The summed E-state index contributed by atoms with van der Waals surface area (Å²) >= 11 is 0. The minimum atomic E-state index is -0.882. The first-order valence-electron chi connectivity index (χ1n) is 13.4. The first-order valence-corrected chi connectivity index (χ1v) is 13.4. The fourth-order valence-corrected chi connectivity index (χ4v) is 5.15. The van der Waals surface area contributed by atoms with E-state index in [1.807, 2.05) is 40.7 Å². The summed E-state index contributed by atoms with van der Waals surface area (Å²) in [6.45, 7) is 12.8. The summed E-state index contributed by atoms with van der Waals surface area (Å²) in [6, 6.07) is -0.431. The molecular weight excluding hydrogens is 476 g/mol. The monoisotopic (exact) mass is 522 g/mol. The summed E-state index contributed by atoms with van der Waals surface area (Å²) in [5.41, 5.74) is 0.968. The van der Waals surface area contributed by atoms with Crippen LogP contribution in [0.5, 0.6) is 0 Å². The molecule has 2 unspecified atom stereocenters. The van der Waals surface area contributed by atoms with Gasteiger partial charge in [0.15, 0.2) is 0 Å². The maximum atomic E-state index is 12.5. The van der Waals surface area contributed by atoms with E-state index in [1.54, 1.807) is 26.0 Å². The highest BCUT2D eigenvalue weighted by Gasteiger charge is 2.40. The van der Waals surface area contributed by atoms with Gasteiger partial charge in [0, 0.05) is 36.1 Å². The van der Waals surface area contributed by atoms with Crippen molar-refractivity contribution in [1.82, 2.24) is 10.6 Å². The number of carbonyl (C=O) groups is 3. The zero-order valence-corrected chi connectivity index (χ0v) is 23.2. The van der Waals surface area contributed by atoms with Crippen LogP contribution >= 0.6 is 0 Å². The largest absolute Gasteiger partial charge is 0.462 e. The molecule has 2 aliphatic heterocycles. The number of rotatable bonds is 11. The number of carbonyl (C=O) groups excluding carboxylic acids is 3. The first-order chi connectivity index (χ1) is 17.2. The summed E-state index contributed by atoms with van der Waals surface area (Å²) in [5, 5.41) is 37.1. The zero-order chi connectivity index (χ0) is 28.0. The third-order valence-electron chi connectivity index (χ3n) is 7.70. The normalized spacial score (nSPS) is 32.9. The zero-order valence-electron chi connectivity index (χ0n) is 23.2. The topological polar surface area (TPSA) is 145 Å². The predicted molar refractivity (Wildman–Crippen MR) is 140 cm³/mol. The molecule has 0 aromatic rings. The van der Waals surface area contributed by atoms with E-state index in [-0.39, 0.29) is 47.9 Å². The Hall–Kier alpha value is -2.23. The Labute approximate surface area is 220 Å². The van der Waals surface area contributed by atoms with Crippen LogP contribution in [0.3, 0.4) is 0 Å². The molecule has 9 nitrogen and oxygen atoms in total. The second kappa shape index (κ2) is 13.5. The van der Waals surface area contributed by atoms with Gasteiger partial charge in [-0.15, -0.1) is 0 Å². The molecule has 0 saturated carbocycles. The number of allylic oxidation sites excluding steroid dienone is 1. The lowest BCUT2D eigenvalue weighted by Gasteiger charge is -2.36. The summed E-state index contributed by atoms with van der Waals surface area (Å²) in [6.07, 6.45) is 3.58. The highest BCUT2D eigenvalue weighted by molar-refractivity contribution is 5.90. The van der Waals surface area contributed by atoms with Gasteiger partial charge in [0.05, 0.1) is 24.2 Å². The van der Waals surface area contributed by atoms with Gasteiger partial charge in [0.2, 0.25) is 11.8 Å². The Morgan fingerprint density at radius 2 is 1.78 bits per heavy atom. The van der Waals surface area contributed by atoms with E-state index in [4.69, 9.17) is 4.74 Å². The summed E-state index contributed by atoms with van der Waals surface area (Å²) in [5.74, 6) is -2.39. The number of nitrogens with one attached hydrogen (secondary N) is 2. The molecule has 2 rings (SSSR count). The van der Waals surface area contributed by atoms with Crippen molar-refractivity contribution in [2.24, 2.45) is 29.6 Å². The van der Waals surface area contributed by atoms with Gasteiger partial charge in [-0.25, -0.2) is 0 Å². The summed E-state index contributed by atoms with van der Waals surface area (Å²) in [4.78, 5) is 36.3. The second-order valence-corrected chi connectivity index (χ2v) is 11.3. The van der Waals surface area contributed by atoms with Gasteiger partial charge < -0.3 is 30.7 Å². The standard InChI is InChI=1S/C28H46N2O7/c1-14(11-17(4)26(34)30-22-12-18(5)29-27(22)35)10-16(3)24(32)15(2)8-9-21(31)13-23-19(6)25(33)20(7)28(36)37-23/h8-10,15-25,31-33H,11-13H2,1-7H3,(H,29,35)(H,30,34)/b9-8-,14-10-/t15-,16?,17-,18?,19-,20+,21+,22+,23-,24-,25-/m0/s1. The van der Waals surface area contributed by atoms with E-state index in [9.17, 15) is 29.7 Å². The highest BCUT2D eigenvalue weighted by Crippen LogP contribution is 2.29. The van der Waals surface area contributed by atoms with Crippen molar-refractivity contribution in [2.75, 3.05) is 0 Å². The summed E-state index contributed by atoms with van der Waals surface area (Å²) < 4.78 is 5.39. The van der Waals surface area contributed by atoms with E-state index >= 15 is 0 Å². The van der Waals surface area contributed by atoms with Crippen LogP contribution in [-0.2, 0) is 19.1 Å². The minimum Gasteiger partial charge on any atom is -0.462 e. The Morgan fingerprint density at radius 1 is 1.14 bits per heavy atom. The number of hydrogen-bond donors (Lipinski definition) is 5. The van der Waals surface area contributed by atoms with Gasteiger partial charge in [-0.05, 0) is 33.6 Å². The van der Waals surface area contributed by atoms with Gasteiger partial charge in [-0.2, -0.15) is 0 Å². The number of esters is 1. The molecule has 37 heavy (non-hydrogen) atoms. The molecule has 0 aliphatic carbocycles. The van der Waals surface area contributed by atoms with Crippen molar-refractivity contribution < 1.29 is 34.4 Å². The molecule has 11 atom stereocenters. The number of amides is 2. The van der Waals surface area contributed by atoms with Crippen molar-refractivity contribution in [1.29, 1.82) is 0 Å². The van der Waals surface area contributed by atoms with Crippen LogP contribution < -0.4 is 10.6 Å². The van der Waals surface area contributed by atoms with Crippen molar-refractivity contribution in [2.45, 2.75) is 104 Å². The fraction of sp³-hybridized carbons (Fsp3) is 0.750. The van der Waals surface area contributed by atoms with E-state index in [0.717, 1.165) is 5.57 Å². The SMILES string of the molecule is C/C(=C/C(C)[C@@H](O)[C@@H](C)/C=C\[C@@H](O)C[C@@H]1OC(=O)[C@H](C)[C@@H](O)[C@H]1C)C[C@H](C)C(=O)N[C@@H]1CC(C)NC1=O. The quantitative estimate of drug-likeness (QED) is 0.206. The molecule has 2 saturated heterocycles. The average molecular weight is 523 g/mol. The number of aliphatic hydroxyl groups excluding tert-OH is 3. The fourth-order valence-electron chi connectivity index (χ4n) is 5.15. The van der Waals surface area contributed by atoms with Gasteiger partial charge in [0.25, 0.3) is 0 Å². The summed E-state index contributed by atoms with van der Waals surface area (Å²) in [7, 11) is 0. The molecule has 0 radical (unpaired) electrons. The third-order valence-corrected chi connectivity index (χ3v) is 7.70. The smallest absolute Gasteiger partial charge is 0.311 e. The van der Waals surface area contributed by atoms with Crippen molar-refractivity contribution in [3.63, 3.8) is 0 Å². The van der Waals surface area contributed by atoms with Crippen LogP contribution in [0.2, 0.25) is 0 Å². The Kier molecular flexibility index (Phi) is 11.3.